The number of anilines is 1. The van der Waals surface area contributed by atoms with Gasteiger partial charge in [0.2, 0.25) is 0 Å². The average Bonchev–Trinajstić information content (AvgIpc) is 3.12. The topological polar surface area (TPSA) is 67.0 Å². The number of amidine groups is 1. The van der Waals surface area contributed by atoms with Crippen molar-refractivity contribution in [3.05, 3.63) is 23.1 Å². The number of aromatic nitrogens is 3. The first-order valence-electron chi connectivity index (χ1n) is 7.94. The largest absolute Gasteiger partial charge is 0.455 e. The second-order valence-electron chi connectivity index (χ2n) is 6.56. The standard InChI is InChI=1S/C15H17BrN6O/c16-11-5-12-13(18-9-19-22(12)6-11)20-14-17-7-15(23-14)8-21-3-1-10(15)2-4-21/h5-6,9-10H,1-4,7-8H2,(H,17,18,19,20)/t15-/m0/s1. The van der Waals surface area contributed by atoms with E-state index < -0.39 is 0 Å². The smallest absolute Gasteiger partial charge is 0.291 e. The van der Waals surface area contributed by atoms with Gasteiger partial charge in [-0.3, -0.25) is 10.2 Å². The van der Waals surface area contributed by atoms with Gasteiger partial charge in [0, 0.05) is 23.1 Å². The molecule has 2 bridgehead atoms. The highest BCUT2D eigenvalue weighted by molar-refractivity contribution is 9.10. The predicted octanol–water partition coefficient (Wildman–Crippen LogP) is 1.75. The highest BCUT2D eigenvalue weighted by atomic mass is 79.9. The number of hydrogen-bond acceptors (Lipinski definition) is 6. The van der Waals surface area contributed by atoms with Crippen molar-refractivity contribution in [3.8, 4) is 0 Å². The summed E-state index contributed by atoms with van der Waals surface area (Å²) in [4.78, 5) is 11.4. The van der Waals surface area contributed by atoms with Crippen LogP contribution in [0.4, 0.5) is 5.82 Å². The summed E-state index contributed by atoms with van der Waals surface area (Å²) in [6.45, 7) is 4.12. The Morgan fingerprint density at radius 2 is 2.22 bits per heavy atom. The summed E-state index contributed by atoms with van der Waals surface area (Å²) in [6.07, 6.45) is 5.86. The van der Waals surface area contributed by atoms with Gasteiger partial charge in [-0.05, 0) is 47.9 Å². The molecule has 7 nitrogen and oxygen atoms in total. The molecule has 6 rings (SSSR count). The Kier molecular flexibility index (Phi) is 2.93. The van der Waals surface area contributed by atoms with Crippen molar-refractivity contribution in [1.82, 2.24) is 19.5 Å². The number of hydrogen-bond donors (Lipinski definition) is 1. The average molecular weight is 377 g/mol. The van der Waals surface area contributed by atoms with Crippen LogP contribution in [0.25, 0.3) is 5.52 Å². The van der Waals surface area contributed by atoms with E-state index in [-0.39, 0.29) is 5.60 Å². The molecule has 2 aromatic heterocycles. The molecule has 4 aliphatic rings. The third-order valence-corrected chi connectivity index (χ3v) is 5.64. The summed E-state index contributed by atoms with van der Waals surface area (Å²) >= 11 is 3.47. The Hall–Kier alpha value is -1.67. The quantitative estimate of drug-likeness (QED) is 0.821. The first-order chi connectivity index (χ1) is 11.2. The minimum absolute atomic E-state index is 0.134. The molecule has 1 atom stereocenters. The van der Waals surface area contributed by atoms with Gasteiger partial charge < -0.3 is 4.74 Å². The second kappa shape index (κ2) is 4.91. The van der Waals surface area contributed by atoms with Crippen LogP contribution in [0, 0.1) is 5.92 Å². The Morgan fingerprint density at radius 1 is 1.35 bits per heavy atom. The zero-order valence-corrected chi connectivity index (χ0v) is 14.2. The van der Waals surface area contributed by atoms with Crippen LogP contribution in [0.2, 0.25) is 0 Å². The fourth-order valence-corrected chi connectivity index (χ4v) is 4.45. The van der Waals surface area contributed by atoms with E-state index in [1.807, 2.05) is 12.3 Å². The summed E-state index contributed by atoms with van der Waals surface area (Å²) in [6, 6.07) is 2.55. The number of nitrogens with one attached hydrogen (secondary N) is 1. The number of piperidine rings is 3. The third-order valence-electron chi connectivity index (χ3n) is 5.21. The number of halogens is 1. The van der Waals surface area contributed by atoms with Crippen molar-refractivity contribution in [2.45, 2.75) is 18.4 Å². The van der Waals surface area contributed by atoms with Gasteiger partial charge in [0.15, 0.2) is 5.82 Å². The summed E-state index contributed by atoms with van der Waals surface area (Å²) in [5, 5.41) is 7.44. The molecule has 0 amide bonds. The molecule has 8 heteroatoms. The van der Waals surface area contributed by atoms with Crippen molar-refractivity contribution in [2.24, 2.45) is 10.9 Å². The second-order valence-corrected chi connectivity index (χ2v) is 7.48. The number of aliphatic imine (C=N–C) groups is 1. The van der Waals surface area contributed by atoms with Crippen molar-refractivity contribution >= 4 is 33.3 Å². The van der Waals surface area contributed by atoms with Crippen LogP contribution in [-0.2, 0) is 4.74 Å². The van der Waals surface area contributed by atoms with Crippen LogP contribution < -0.4 is 5.32 Å². The summed E-state index contributed by atoms with van der Waals surface area (Å²) in [7, 11) is 0. The van der Waals surface area contributed by atoms with Crippen molar-refractivity contribution in [1.29, 1.82) is 0 Å². The number of nitrogens with zero attached hydrogens (tertiary/aromatic N) is 5. The Labute approximate surface area is 141 Å². The molecule has 0 aromatic carbocycles. The zero-order chi connectivity index (χ0) is 15.4. The van der Waals surface area contributed by atoms with Crippen LogP contribution >= 0.6 is 15.9 Å². The minimum atomic E-state index is -0.134. The molecule has 1 N–H and O–H groups in total. The van der Waals surface area contributed by atoms with Crippen LogP contribution in [-0.4, -0.2) is 57.3 Å². The first kappa shape index (κ1) is 13.7. The lowest BCUT2D eigenvalue weighted by atomic mass is 9.75. The molecule has 0 radical (unpaired) electrons. The Balaban J connectivity index is 1.39. The van der Waals surface area contributed by atoms with Gasteiger partial charge in [0.1, 0.15) is 17.4 Å². The maximum absolute atomic E-state index is 6.30. The van der Waals surface area contributed by atoms with Crippen LogP contribution in [0.15, 0.2) is 28.1 Å². The van der Waals surface area contributed by atoms with Gasteiger partial charge in [-0.15, -0.1) is 0 Å². The normalized spacial score (nSPS) is 32.3. The van der Waals surface area contributed by atoms with Gasteiger partial charge in [0.25, 0.3) is 6.02 Å². The lowest BCUT2D eigenvalue weighted by molar-refractivity contribution is -0.0829. The Bertz CT molecular complexity index is 796. The van der Waals surface area contributed by atoms with Gasteiger partial charge >= 0.3 is 0 Å². The van der Waals surface area contributed by atoms with E-state index in [0.717, 1.165) is 23.1 Å². The fourth-order valence-electron chi connectivity index (χ4n) is 4.04. The molecule has 3 fully saturated rings. The van der Waals surface area contributed by atoms with E-state index >= 15 is 0 Å². The molecule has 6 heterocycles. The predicted molar refractivity (Wildman–Crippen MR) is 89.6 cm³/mol. The van der Waals surface area contributed by atoms with Crippen molar-refractivity contribution < 1.29 is 4.74 Å². The van der Waals surface area contributed by atoms with Crippen molar-refractivity contribution in [3.63, 3.8) is 0 Å². The van der Waals surface area contributed by atoms with Gasteiger partial charge in [-0.2, -0.15) is 5.10 Å². The van der Waals surface area contributed by atoms with Crippen molar-refractivity contribution in [2.75, 3.05) is 31.5 Å². The van der Waals surface area contributed by atoms with E-state index in [9.17, 15) is 0 Å². The molecule has 2 aromatic rings. The molecule has 0 aliphatic carbocycles. The van der Waals surface area contributed by atoms with E-state index in [0.29, 0.717) is 17.8 Å². The summed E-state index contributed by atoms with van der Waals surface area (Å²) in [5.74, 6) is 1.33. The van der Waals surface area contributed by atoms with Crippen LogP contribution in [0.5, 0.6) is 0 Å². The van der Waals surface area contributed by atoms with Gasteiger partial charge in [-0.25, -0.2) is 14.5 Å². The SMILES string of the molecule is Brc1cc2c(NC3=NC[C@@]4(CN5CCC4CC5)O3)ncnn2c1. The maximum atomic E-state index is 6.30. The van der Waals surface area contributed by atoms with Crippen LogP contribution in [0.1, 0.15) is 12.8 Å². The maximum Gasteiger partial charge on any atom is 0.291 e. The van der Waals surface area contributed by atoms with E-state index in [1.165, 1.54) is 32.3 Å². The lowest BCUT2D eigenvalue weighted by Gasteiger charge is -2.50. The van der Waals surface area contributed by atoms with Gasteiger partial charge in [0.05, 0.1) is 6.54 Å². The number of ether oxygens (including phenoxy) is 1. The monoisotopic (exact) mass is 376 g/mol. The molecular weight excluding hydrogens is 360 g/mol. The fraction of sp³-hybridized carbons (Fsp3) is 0.533. The molecule has 120 valence electrons. The molecule has 23 heavy (non-hydrogen) atoms. The number of rotatable bonds is 1. The Morgan fingerprint density at radius 3 is 3.00 bits per heavy atom. The summed E-state index contributed by atoms with van der Waals surface area (Å²) < 4.78 is 9.04. The minimum Gasteiger partial charge on any atom is -0.455 e. The molecule has 0 unspecified atom stereocenters. The molecular formula is C15H17BrN6O. The van der Waals surface area contributed by atoms with Gasteiger partial charge in [-0.1, -0.05) is 0 Å². The van der Waals surface area contributed by atoms with Crippen LogP contribution in [0.3, 0.4) is 0 Å². The molecule has 4 aliphatic heterocycles. The lowest BCUT2D eigenvalue weighted by Crippen LogP contribution is -2.61. The zero-order valence-electron chi connectivity index (χ0n) is 12.6. The number of fused-ring (bicyclic) bond motifs is 3. The van der Waals surface area contributed by atoms with E-state index in [1.54, 1.807) is 4.52 Å². The van der Waals surface area contributed by atoms with E-state index in [4.69, 9.17) is 4.74 Å². The molecule has 0 saturated carbocycles. The first-order valence-corrected chi connectivity index (χ1v) is 8.73. The summed E-state index contributed by atoms with van der Waals surface area (Å²) in [5.41, 5.74) is 0.755. The molecule has 3 saturated heterocycles. The highest BCUT2D eigenvalue weighted by Gasteiger charge is 2.51. The molecule has 1 spiro atoms. The highest BCUT2D eigenvalue weighted by Crippen LogP contribution is 2.40. The third kappa shape index (κ3) is 2.15. The van der Waals surface area contributed by atoms with E-state index in [2.05, 4.69) is 41.2 Å².